The average Bonchev–Trinajstić information content (AvgIpc) is 2.48. The molecule has 3 nitrogen and oxygen atoms in total. The van der Waals surface area contributed by atoms with Gasteiger partial charge in [-0.05, 0) is 41.8 Å². The first kappa shape index (κ1) is 15.0. The molecule has 2 aromatic rings. The maximum absolute atomic E-state index is 13.3. The third-order valence-corrected chi connectivity index (χ3v) is 3.15. The van der Waals surface area contributed by atoms with Crippen molar-refractivity contribution >= 4 is 6.29 Å². The number of rotatable bonds is 6. The van der Waals surface area contributed by atoms with Crippen molar-refractivity contribution in [1.82, 2.24) is 0 Å². The summed E-state index contributed by atoms with van der Waals surface area (Å²) < 4.78 is 18.7. The molecule has 0 saturated carbocycles. The van der Waals surface area contributed by atoms with E-state index in [4.69, 9.17) is 4.74 Å². The van der Waals surface area contributed by atoms with Crippen molar-refractivity contribution in [3.8, 4) is 22.6 Å². The van der Waals surface area contributed by atoms with Crippen LogP contribution < -0.4 is 4.74 Å². The van der Waals surface area contributed by atoms with Crippen LogP contribution in [-0.4, -0.2) is 18.0 Å². The summed E-state index contributed by atoms with van der Waals surface area (Å²) in [5, 5.41) is 10.0. The molecule has 0 fully saturated rings. The van der Waals surface area contributed by atoms with Crippen molar-refractivity contribution in [2.75, 3.05) is 6.61 Å². The van der Waals surface area contributed by atoms with Gasteiger partial charge in [0.1, 0.15) is 5.82 Å². The second-order valence-corrected chi connectivity index (χ2v) is 4.74. The van der Waals surface area contributed by atoms with Crippen molar-refractivity contribution < 1.29 is 19.0 Å². The molecule has 0 amide bonds. The van der Waals surface area contributed by atoms with Crippen molar-refractivity contribution in [3.63, 3.8) is 0 Å². The average molecular weight is 288 g/mol. The number of aromatic hydroxyl groups is 1. The van der Waals surface area contributed by atoms with Gasteiger partial charge in [0.15, 0.2) is 17.8 Å². The largest absolute Gasteiger partial charge is 0.504 e. The summed E-state index contributed by atoms with van der Waals surface area (Å²) in [6, 6.07) is 8.80. The van der Waals surface area contributed by atoms with Crippen LogP contribution in [0.4, 0.5) is 4.39 Å². The van der Waals surface area contributed by atoms with Gasteiger partial charge in [0.25, 0.3) is 0 Å². The number of carbonyl (C=O) groups excluding carboxylic acids is 1. The highest BCUT2D eigenvalue weighted by Gasteiger charge is 2.12. The number of aldehydes is 1. The molecule has 0 aliphatic heterocycles. The van der Waals surface area contributed by atoms with Crippen molar-refractivity contribution in [1.29, 1.82) is 0 Å². The maximum atomic E-state index is 13.3. The van der Waals surface area contributed by atoms with Gasteiger partial charge in [0.2, 0.25) is 0 Å². The molecule has 0 bridgehead atoms. The molecule has 0 radical (unpaired) electrons. The highest BCUT2D eigenvalue weighted by molar-refractivity contribution is 5.89. The van der Waals surface area contributed by atoms with E-state index in [1.165, 1.54) is 24.3 Å². The van der Waals surface area contributed by atoms with E-state index in [9.17, 15) is 14.3 Å². The Hall–Kier alpha value is -2.36. The zero-order chi connectivity index (χ0) is 15.2. The van der Waals surface area contributed by atoms with Crippen LogP contribution in [0.15, 0.2) is 36.4 Å². The SMILES string of the molecule is CCCCOc1cc(C=O)c(-c2cccc(F)c2)cc1O. The Morgan fingerprint density at radius 3 is 2.76 bits per heavy atom. The van der Waals surface area contributed by atoms with E-state index in [0.717, 1.165) is 12.8 Å². The first-order valence-electron chi connectivity index (χ1n) is 6.86. The number of phenolic OH excluding ortho intramolecular Hbond substituents is 1. The summed E-state index contributed by atoms with van der Waals surface area (Å²) >= 11 is 0. The zero-order valence-electron chi connectivity index (χ0n) is 11.8. The highest BCUT2D eigenvalue weighted by atomic mass is 19.1. The van der Waals surface area contributed by atoms with Gasteiger partial charge in [-0.25, -0.2) is 4.39 Å². The Morgan fingerprint density at radius 2 is 2.10 bits per heavy atom. The van der Waals surface area contributed by atoms with Crippen LogP contribution in [0, 0.1) is 5.82 Å². The fourth-order valence-corrected chi connectivity index (χ4v) is 2.03. The molecule has 0 aliphatic carbocycles. The Balaban J connectivity index is 2.39. The summed E-state index contributed by atoms with van der Waals surface area (Å²) in [5.41, 5.74) is 1.36. The zero-order valence-corrected chi connectivity index (χ0v) is 11.8. The second-order valence-electron chi connectivity index (χ2n) is 4.74. The van der Waals surface area contributed by atoms with Crippen molar-refractivity contribution in [2.24, 2.45) is 0 Å². The lowest BCUT2D eigenvalue weighted by molar-refractivity contribution is 0.112. The van der Waals surface area contributed by atoms with Gasteiger partial charge in [-0.2, -0.15) is 0 Å². The van der Waals surface area contributed by atoms with Gasteiger partial charge in [0.05, 0.1) is 6.61 Å². The number of hydrogen-bond acceptors (Lipinski definition) is 3. The molecule has 0 aromatic heterocycles. The number of halogens is 1. The van der Waals surface area contributed by atoms with Crippen LogP contribution >= 0.6 is 0 Å². The Labute approximate surface area is 123 Å². The number of phenols is 1. The van der Waals surface area contributed by atoms with Crippen molar-refractivity contribution in [3.05, 3.63) is 47.8 Å². The third kappa shape index (κ3) is 3.60. The minimum Gasteiger partial charge on any atom is -0.504 e. The van der Waals surface area contributed by atoms with Crippen LogP contribution in [0.25, 0.3) is 11.1 Å². The van der Waals surface area contributed by atoms with E-state index < -0.39 is 5.82 Å². The summed E-state index contributed by atoms with van der Waals surface area (Å²) in [5.74, 6) is -0.186. The van der Waals surface area contributed by atoms with Crippen LogP contribution in [0.1, 0.15) is 30.1 Å². The van der Waals surface area contributed by atoms with E-state index in [1.807, 2.05) is 6.92 Å². The van der Waals surface area contributed by atoms with Gasteiger partial charge in [-0.15, -0.1) is 0 Å². The van der Waals surface area contributed by atoms with Gasteiger partial charge in [-0.1, -0.05) is 25.5 Å². The van der Waals surface area contributed by atoms with E-state index in [-0.39, 0.29) is 11.5 Å². The topological polar surface area (TPSA) is 46.5 Å². The monoisotopic (exact) mass is 288 g/mol. The standard InChI is InChI=1S/C17H17FO3/c1-2-3-7-21-17-9-13(11-19)15(10-16(17)20)12-5-4-6-14(18)8-12/h4-6,8-11,20H,2-3,7H2,1H3. The molecule has 0 unspecified atom stereocenters. The normalized spacial score (nSPS) is 10.4. The molecule has 21 heavy (non-hydrogen) atoms. The van der Waals surface area contributed by atoms with Crippen molar-refractivity contribution in [2.45, 2.75) is 19.8 Å². The Kier molecular flexibility index (Phi) is 4.93. The summed E-state index contributed by atoms with van der Waals surface area (Å²) in [4.78, 5) is 11.2. The Bertz CT molecular complexity index is 638. The van der Waals surface area contributed by atoms with E-state index in [0.29, 0.717) is 29.6 Å². The van der Waals surface area contributed by atoms with E-state index in [2.05, 4.69) is 0 Å². The molecule has 2 aromatic carbocycles. The van der Waals surface area contributed by atoms with Crippen LogP contribution in [0.3, 0.4) is 0 Å². The van der Waals surface area contributed by atoms with Crippen LogP contribution in [0.5, 0.6) is 11.5 Å². The summed E-state index contributed by atoms with van der Waals surface area (Å²) in [7, 11) is 0. The third-order valence-electron chi connectivity index (χ3n) is 3.15. The molecule has 0 heterocycles. The quantitative estimate of drug-likeness (QED) is 0.640. The molecule has 0 aliphatic rings. The predicted octanol–water partition coefficient (Wildman–Crippen LogP) is 4.19. The molecule has 4 heteroatoms. The number of ether oxygens (including phenoxy) is 1. The fourth-order valence-electron chi connectivity index (χ4n) is 2.03. The molecule has 110 valence electrons. The lowest BCUT2D eigenvalue weighted by Gasteiger charge is -2.12. The molecule has 2 rings (SSSR count). The molecular weight excluding hydrogens is 271 g/mol. The first-order valence-corrected chi connectivity index (χ1v) is 6.86. The van der Waals surface area contributed by atoms with Gasteiger partial charge < -0.3 is 9.84 Å². The highest BCUT2D eigenvalue weighted by Crippen LogP contribution is 2.34. The lowest BCUT2D eigenvalue weighted by atomic mass is 9.99. The van der Waals surface area contributed by atoms with Gasteiger partial charge in [0, 0.05) is 5.56 Å². The van der Waals surface area contributed by atoms with Gasteiger partial charge in [-0.3, -0.25) is 4.79 Å². The maximum Gasteiger partial charge on any atom is 0.161 e. The van der Waals surface area contributed by atoms with E-state index >= 15 is 0 Å². The lowest BCUT2D eigenvalue weighted by Crippen LogP contribution is -1.98. The molecular formula is C17H17FO3. The van der Waals surface area contributed by atoms with Gasteiger partial charge >= 0.3 is 0 Å². The van der Waals surface area contributed by atoms with Crippen LogP contribution in [0.2, 0.25) is 0 Å². The minimum absolute atomic E-state index is 0.0593. The second kappa shape index (κ2) is 6.88. The molecule has 0 saturated heterocycles. The van der Waals surface area contributed by atoms with E-state index in [1.54, 1.807) is 12.1 Å². The number of unbranched alkanes of at least 4 members (excludes halogenated alkanes) is 1. The summed E-state index contributed by atoms with van der Waals surface area (Å²) in [6.45, 7) is 2.51. The smallest absolute Gasteiger partial charge is 0.161 e. The molecule has 1 N–H and O–H groups in total. The predicted molar refractivity (Wildman–Crippen MR) is 79.3 cm³/mol. The summed E-state index contributed by atoms with van der Waals surface area (Å²) in [6.07, 6.45) is 2.51. The number of carbonyl (C=O) groups is 1. The fraction of sp³-hybridized carbons (Fsp3) is 0.235. The minimum atomic E-state index is -0.396. The Morgan fingerprint density at radius 1 is 1.29 bits per heavy atom. The van der Waals surface area contributed by atoms with Crippen LogP contribution in [-0.2, 0) is 0 Å². The first-order chi connectivity index (χ1) is 10.2. The molecule has 0 spiro atoms. The number of benzene rings is 2. The molecule has 0 atom stereocenters. The number of hydrogen-bond donors (Lipinski definition) is 1.